The molecule has 2 rings (SSSR count). The van der Waals surface area contributed by atoms with Crippen molar-refractivity contribution in [1.82, 2.24) is 0 Å². The number of hydrogen-bond donors (Lipinski definition) is 1. The minimum Gasteiger partial charge on any atom is -0.497 e. The highest BCUT2D eigenvalue weighted by atomic mass is 32.2. The Kier molecular flexibility index (Phi) is 8.21. The van der Waals surface area contributed by atoms with Crippen LogP contribution in [0.2, 0.25) is 0 Å². The number of methoxy groups -OCH3 is 2. The summed E-state index contributed by atoms with van der Waals surface area (Å²) >= 11 is 0. The number of ether oxygens (including phenoxy) is 4. The highest BCUT2D eigenvalue weighted by molar-refractivity contribution is 7.86. The fraction of sp³-hybridized carbons (Fsp3) is 0.647. The molecule has 11 nitrogen and oxygen atoms in total. The Balaban J connectivity index is 2.29. The van der Waals surface area contributed by atoms with Gasteiger partial charge in [-0.3, -0.25) is 8.37 Å². The first-order chi connectivity index (χ1) is 13.9. The normalized spacial score (nSPS) is 24.1. The van der Waals surface area contributed by atoms with Gasteiger partial charge in [0.15, 0.2) is 6.29 Å². The molecule has 3 atom stereocenters. The number of benzene rings is 1. The lowest BCUT2D eigenvalue weighted by Gasteiger charge is -2.33. The Morgan fingerprint density at radius 3 is 1.97 bits per heavy atom. The SMILES string of the molecule is COc1ccc(COC2C(O)C(OC)OC2(COS(C)(=O)=O)COS(C)(=O)=O)cc1. The molecule has 3 unspecified atom stereocenters. The first-order valence-electron chi connectivity index (χ1n) is 8.71. The molecule has 0 amide bonds. The lowest BCUT2D eigenvalue weighted by atomic mass is 9.97. The largest absolute Gasteiger partial charge is 0.497 e. The number of aliphatic hydroxyl groups excluding tert-OH is 1. The molecule has 0 aromatic heterocycles. The van der Waals surface area contributed by atoms with Crippen molar-refractivity contribution >= 4 is 20.2 Å². The molecule has 30 heavy (non-hydrogen) atoms. The summed E-state index contributed by atoms with van der Waals surface area (Å²) in [5.41, 5.74) is -1.07. The summed E-state index contributed by atoms with van der Waals surface area (Å²) in [5.74, 6) is 0.639. The van der Waals surface area contributed by atoms with Crippen LogP contribution in [0.1, 0.15) is 5.56 Å². The van der Waals surface area contributed by atoms with E-state index >= 15 is 0 Å². The minimum absolute atomic E-state index is 0.00891. The standard InChI is InChI=1S/C17H26O11S2/c1-23-13-7-5-12(6-8-13)9-25-15-14(18)16(24-2)28-17(15,10-26-29(3,19)20)11-27-30(4,21)22/h5-8,14-16,18H,9-11H2,1-4H3. The van der Waals surface area contributed by atoms with E-state index in [0.29, 0.717) is 11.3 Å². The van der Waals surface area contributed by atoms with Crippen LogP contribution in [0.15, 0.2) is 24.3 Å². The maximum absolute atomic E-state index is 11.5. The van der Waals surface area contributed by atoms with Gasteiger partial charge in [-0.2, -0.15) is 16.8 Å². The van der Waals surface area contributed by atoms with Gasteiger partial charge < -0.3 is 24.1 Å². The predicted octanol–water partition coefficient (Wildman–Crippen LogP) is -0.365. The van der Waals surface area contributed by atoms with Gasteiger partial charge in [-0.25, -0.2) is 0 Å². The second-order valence-electron chi connectivity index (χ2n) is 6.79. The highest BCUT2D eigenvalue weighted by Gasteiger charge is 2.57. The van der Waals surface area contributed by atoms with Crippen molar-refractivity contribution in [2.45, 2.75) is 30.7 Å². The molecule has 1 aromatic carbocycles. The smallest absolute Gasteiger partial charge is 0.264 e. The Morgan fingerprint density at radius 1 is 1.00 bits per heavy atom. The van der Waals surface area contributed by atoms with E-state index < -0.39 is 57.5 Å². The van der Waals surface area contributed by atoms with Gasteiger partial charge in [-0.1, -0.05) is 12.1 Å². The first kappa shape index (κ1) is 24.9. The van der Waals surface area contributed by atoms with Gasteiger partial charge in [0.25, 0.3) is 20.2 Å². The van der Waals surface area contributed by atoms with E-state index in [4.69, 9.17) is 27.3 Å². The van der Waals surface area contributed by atoms with E-state index in [1.54, 1.807) is 24.3 Å². The zero-order valence-electron chi connectivity index (χ0n) is 17.0. The fourth-order valence-corrected chi connectivity index (χ4v) is 3.68. The molecular weight excluding hydrogens is 444 g/mol. The molecule has 1 aliphatic rings. The second kappa shape index (κ2) is 9.87. The Morgan fingerprint density at radius 2 is 1.53 bits per heavy atom. The molecule has 0 saturated carbocycles. The summed E-state index contributed by atoms with van der Waals surface area (Å²) in [5, 5.41) is 10.6. The molecule has 1 heterocycles. The Labute approximate surface area is 176 Å². The lowest BCUT2D eigenvalue weighted by molar-refractivity contribution is -0.196. The molecule has 13 heteroatoms. The molecule has 1 N–H and O–H groups in total. The van der Waals surface area contributed by atoms with Crippen LogP contribution >= 0.6 is 0 Å². The van der Waals surface area contributed by atoms with Gasteiger partial charge in [-0.15, -0.1) is 0 Å². The van der Waals surface area contributed by atoms with E-state index in [1.165, 1.54) is 14.2 Å². The van der Waals surface area contributed by atoms with E-state index in [-0.39, 0.29) is 6.61 Å². The average Bonchev–Trinajstić information content (AvgIpc) is 2.94. The van der Waals surface area contributed by atoms with Crippen LogP contribution in [0.5, 0.6) is 5.75 Å². The van der Waals surface area contributed by atoms with Crippen molar-refractivity contribution in [3.8, 4) is 5.75 Å². The van der Waals surface area contributed by atoms with Crippen molar-refractivity contribution in [3.63, 3.8) is 0 Å². The molecule has 172 valence electrons. The first-order valence-corrected chi connectivity index (χ1v) is 12.3. The Bertz CT molecular complexity index is 860. The molecule has 1 saturated heterocycles. The number of aliphatic hydroxyl groups is 1. The zero-order chi connectivity index (χ0) is 22.6. The van der Waals surface area contributed by atoms with Gasteiger partial charge in [0, 0.05) is 7.11 Å². The lowest BCUT2D eigenvalue weighted by Crippen LogP contribution is -2.52. The van der Waals surface area contributed by atoms with Gasteiger partial charge in [-0.05, 0) is 17.7 Å². The van der Waals surface area contributed by atoms with Crippen molar-refractivity contribution in [2.75, 3.05) is 39.9 Å². The van der Waals surface area contributed by atoms with E-state index in [2.05, 4.69) is 0 Å². The van der Waals surface area contributed by atoms with Crippen molar-refractivity contribution in [2.24, 2.45) is 0 Å². The van der Waals surface area contributed by atoms with Crippen LogP contribution in [-0.2, 0) is 49.4 Å². The van der Waals surface area contributed by atoms with Crippen LogP contribution in [0.3, 0.4) is 0 Å². The van der Waals surface area contributed by atoms with E-state index in [9.17, 15) is 21.9 Å². The van der Waals surface area contributed by atoms with Gasteiger partial charge in [0.05, 0.1) is 26.2 Å². The molecule has 0 bridgehead atoms. The van der Waals surface area contributed by atoms with E-state index in [0.717, 1.165) is 12.5 Å². The van der Waals surface area contributed by atoms with Crippen LogP contribution < -0.4 is 4.74 Å². The highest BCUT2D eigenvalue weighted by Crippen LogP contribution is 2.36. The quantitative estimate of drug-likeness (QED) is 0.423. The monoisotopic (exact) mass is 470 g/mol. The summed E-state index contributed by atoms with van der Waals surface area (Å²) in [7, 11) is -5.05. The third-order valence-electron chi connectivity index (χ3n) is 4.31. The maximum atomic E-state index is 11.5. The minimum atomic E-state index is -3.92. The van der Waals surface area contributed by atoms with Crippen molar-refractivity contribution in [3.05, 3.63) is 29.8 Å². The summed E-state index contributed by atoms with van der Waals surface area (Å²) in [6, 6.07) is 6.89. The number of hydrogen-bond acceptors (Lipinski definition) is 11. The summed E-state index contributed by atoms with van der Waals surface area (Å²) < 4.78 is 77.4. The van der Waals surface area contributed by atoms with Crippen LogP contribution in [-0.4, -0.2) is 86.0 Å². The molecule has 0 aliphatic carbocycles. The maximum Gasteiger partial charge on any atom is 0.264 e. The van der Waals surface area contributed by atoms with Crippen LogP contribution in [0, 0.1) is 0 Å². The number of rotatable bonds is 11. The second-order valence-corrected chi connectivity index (χ2v) is 10.1. The predicted molar refractivity (Wildman–Crippen MR) is 104 cm³/mol. The van der Waals surface area contributed by atoms with Crippen molar-refractivity contribution in [1.29, 1.82) is 0 Å². The third-order valence-corrected chi connectivity index (χ3v) is 5.41. The molecule has 1 aliphatic heterocycles. The molecule has 0 spiro atoms. The van der Waals surface area contributed by atoms with Crippen LogP contribution in [0.25, 0.3) is 0 Å². The Hall–Kier alpha value is -1.32. The fourth-order valence-electron chi connectivity index (χ4n) is 2.86. The average molecular weight is 471 g/mol. The zero-order valence-corrected chi connectivity index (χ0v) is 18.6. The van der Waals surface area contributed by atoms with E-state index in [1.807, 2.05) is 0 Å². The van der Waals surface area contributed by atoms with Gasteiger partial charge >= 0.3 is 0 Å². The summed E-state index contributed by atoms with van der Waals surface area (Å²) in [6.07, 6.45) is -2.18. The molecule has 1 aromatic rings. The molecular formula is C17H26O11S2. The third kappa shape index (κ3) is 6.85. The summed E-state index contributed by atoms with van der Waals surface area (Å²) in [6.45, 7) is -1.33. The van der Waals surface area contributed by atoms with Crippen molar-refractivity contribution < 1.29 is 49.3 Å². The molecule has 0 radical (unpaired) electrons. The molecule has 1 fully saturated rings. The summed E-state index contributed by atoms with van der Waals surface area (Å²) in [4.78, 5) is 0. The topological polar surface area (TPSA) is 144 Å². The van der Waals surface area contributed by atoms with Gasteiger partial charge in [0.1, 0.15) is 36.8 Å². The van der Waals surface area contributed by atoms with Crippen LogP contribution in [0.4, 0.5) is 0 Å². The van der Waals surface area contributed by atoms with Gasteiger partial charge in [0.2, 0.25) is 0 Å².